The number of carboxylic acid groups (broad SMARTS) is 1. The predicted octanol–water partition coefficient (Wildman–Crippen LogP) is 1.54. The van der Waals surface area contributed by atoms with Crippen LogP contribution < -0.4 is 5.32 Å². The van der Waals surface area contributed by atoms with E-state index in [1.807, 2.05) is 16.7 Å². The van der Waals surface area contributed by atoms with Crippen LogP contribution in [0, 0.1) is 0 Å². The molecule has 8 nitrogen and oxygen atoms in total. The van der Waals surface area contributed by atoms with Gasteiger partial charge in [0.25, 0.3) is 5.91 Å². The first-order chi connectivity index (χ1) is 13.0. The lowest BCUT2D eigenvalue weighted by atomic mass is 10.1. The van der Waals surface area contributed by atoms with Crippen molar-refractivity contribution < 1.29 is 19.5 Å². The SMILES string of the molecule is O=C(O)c1cnc(C(=O)Nc2ccc(CC(=O)N3CCSCC3)cc2)cn1. The highest BCUT2D eigenvalue weighted by molar-refractivity contribution is 7.99. The summed E-state index contributed by atoms with van der Waals surface area (Å²) < 4.78 is 0. The largest absolute Gasteiger partial charge is 0.476 e. The number of aromatic carboxylic acids is 1. The quantitative estimate of drug-likeness (QED) is 0.801. The fourth-order valence-electron chi connectivity index (χ4n) is 2.56. The highest BCUT2D eigenvalue weighted by Crippen LogP contribution is 2.14. The summed E-state index contributed by atoms with van der Waals surface area (Å²) in [5.74, 6) is 0.373. The number of rotatable bonds is 5. The third kappa shape index (κ3) is 5.04. The molecule has 140 valence electrons. The van der Waals surface area contributed by atoms with Gasteiger partial charge in [0.15, 0.2) is 5.69 Å². The molecular formula is C18H18N4O4S. The molecule has 0 atom stereocenters. The van der Waals surface area contributed by atoms with Gasteiger partial charge in [0.1, 0.15) is 5.69 Å². The van der Waals surface area contributed by atoms with Gasteiger partial charge in [0.2, 0.25) is 5.91 Å². The number of carbonyl (C=O) groups is 3. The van der Waals surface area contributed by atoms with Crippen molar-refractivity contribution in [1.29, 1.82) is 0 Å². The number of amides is 2. The summed E-state index contributed by atoms with van der Waals surface area (Å²) in [6.07, 6.45) is 2.48. The molecule has 2 N–H and O–H groups in total. The van der Waals surface area contributed by atoms with E-state index in [9.17, 15) is 14.4 Å². The first-order valence-corrected chi connectivity index (χ1v) is 9.49. The molecule has 0 saturated carbocycles. The summed E-state index contributed by atoms with van der Waals surface area (Å²) in [5, 5.41) is 11.5. The zero-order valence-electron chi connectivity index (χ0n) is 14.4. The summed E-state index contributed by atoms with van der Waals surface area (Å²) in [7, 11) is 0. The molecule has 1 aliphatic rings. The normalized spacial score (nSPS) is 13.9. The van der Waals surface area contributed by atoms with Crippen LogP contribution in [0.25, 0.3) is 0 Å². The number of hydrogen-bond acceptors (Lipinski definition) is 6. The number of benzene rings is 1. The van der Waals surface area contributed by atoms with Crippen LogP contribution in [0.15, 0.2) is 36.7 Å². The third-order valence-corrected chi connectivity index (χ3v) is 4.98. The zero-order valence-corrected chi connectivity index (χ0v) is 15.2. The monoisotopic (exact) mass is 386 g/mol. The van der Waals surface area contributed by atoms with Crippen molar-refractivity contribution >= 4 is 35.2 Å². The first kappa shape index (κ1) is 18.8. The molecule has 0 spiro atoms. The Labute approximate surface area is 160 Å². The Hall–Kier alpha value is -2.94. The Morgan fingerprint density at radius 1 is 1.04 bits per heavy atom. The van der Waals surface area contributed by atoms with Gasteiger partial charge in [-0.15, -0.1) is 0 Å². The molecule has 0 radical (unpaired) electrons. The van der Waals surface area contributed by atoms with Gasteiger partial charge in [-0.05, 0) is 17.7 Å². The molecule has 0 aliphatic carbocycles. The molecule has 27 heavy (non-hydrogen) atoms. The highest BCUT2D eigenvalue weighted by atomic mass is 32.2. The Balaban J connectivity index is 1.57. The molecule has 9 heteroatoms. The average Bonchev–Trinajstić information content (AvgIpc) is 2.70. The smallest absolute Gasteiger partial charge is 0.356 e. The number of hydrogen-bond donors (Lipinski definition) is 2. The van der Waals surface area contributed by atoms with Crippen molar-refractivity contribution in [3.63, 3.8) is 0 Å². The van der Waals surface area contributed by atoms with Crippen LogP contribution in [0.3, 0.4) is 0 Å². The fourth-order valence-corrected chi connectivity index (χ4v) is 3.46. The molecule has 2 amide bonds. The van der Waals surface area contributed by atoms with E-state index in [-0.39, 0.29) is 17.3 Å². The van der Waals surface area contributed by atoms with Crippen LogP contribution in [0.2, 0.25) is 0 Å². The van der Waals surface area contributed by atoms with Gasteiger partial charge in [0.05, 0.1) is 18.8 Å². The number of nitrogens with zero attached hydrogens (tertiary/aromatic N) is 3. The van der Waals surface area contributed by atoms with E-state index in [2.05, 4.69) is 15.3 Å². The number of aromatic nitrogens is 2. The maximum atomic E-state index is 12.3. The molecule has 3 rings (SSSR count). The molecule has 1 fully saturated rings. The minimum Gasteiger partial charge on any atom is -0.476 e. The second-order valence-corrected chi connectivity index (χ2v) is 7.14. The van der Waals surface area contributed by atoms with Crippen molar-refractivity contribution in [1.82, 2.24) is 14.9 Å². The lowest BCUT2D eigenvalue weighted by Crippen LogP contribution is -2.38. The van der Waals surface area contributed by atoms with Crippen LogP contribution >= 0.6 is 11.8 Å². The van der Waals surface area contributed by atoms with Crippen molar-refractivity contribution in [3.8, 4) is 0 Å². The van der Waals surface area contributed by atoms with E-state index >= 15 is 0 Å². The predicted molar refractivity (Wildman–Crippen MR) is 101 cm³/mol. The number of carboxylic acids is 1. The lowest BCUT2D eigenvalue weighted by molar-refractivity contribution is -0.130. The van der Waals surface area contributed by atoms with Crippen molar-refractivity contribution in [2.75, 3.05) is 29.9 Å². The minimum atomic E-state index is -1.21. The third-order valence-electron chi connectivity index (χ3n) is 4.03. The molecule has 1 aromatic heterocycles. The van der Waals surface area contributed by atoms with Gasteiger partial charge in [0, 0.05) is 30.3 Å². The molecule has 2 aromatic rings. The fraction of sp³-hybridized carbons (Fsp3) is 0.278. The average molecular weight is 386 g/mol. The van der Waals surface area contributed by atoms with Crippen molar-refractivity contribution in [3.05, 3.63) is 53.6 Å². The Morgan fingerprint density at radius 2 is 1.67 bits per heavy atom. The van der Waals surface area contributed by atoms with Crippen LogP contribution in [0.5, 0.6) is 0 Å². The maximum Gasteiger partial charge on any atom is 0.356 e. The highest BCUT2D eigenvalue weighted by Gasteiger charge is 2.17. The van der Waals surface area contributed by atoms with E-state index in [0.717, 1.165) is 42.6 Å². The Morgan fingerprint density at radius 3 is 2.26 bits per heavy atom. The Kier molecular flexibility index (Phi) is 6.02. The number of thioether (sulfide) groups is 1. The number of carbonyl (C=O) groups excluding carboxylic acids is 2. The topological polar surface area (TPSA) is 112 Å². The molecule has 1 aromatic carbocycles. The zero-order chi connectivity index (χ0) is 19.2. The van der Waals surface area contributed by atoms with Crippen LogP contribution in [-0.4, -0.2) is 62.4 Å². The van der Waals surface area contributed by atoms with Crippen LogP contribution in [0.4, 0.5) is 5.69 Å². The summed E-state index contributed by atoms with van der Waals surface area (Å²) in [5.41, 5.74) is 1.21. The second kappa shape index (κ2) is 8.63. The number of nitrogens with one attached hydrogen (secondary N) is 1. The summed E-state index contributed by atoms with van der Waals surface area (Å²) in [4.78, 5) is 44.5. The van der Waals surface area contributed by atoms with E-state index in [1.54, 1.807) is 24.3 Å². The second-order valence-electron chi connectivity index (χ2n) is 5.91. The van der Waals surface area contributed by atoms with Gasteiger partial charge in [-0.3, -0.25) is 9.59 Å². The van der Waals surface area contributed by atoms with Gasteiger partial charge in [-0.2, -0.15) is 11.8 Å². The molecule has 2 heterocycles. The Bertz CT molecular complexity index is 833. The van der Waals surface area contributed by atoms with E-state index in [1.165, 1.54) is 0 Å². The molecule has 1 saturated heterocycles. The van der Waals surface area contributed by atoms with Gasteiger partial charge < -0.3 is 15.3 Å². The molecule has 0 unspecified atom stereocenters. The van der Waals surface area contributed by atoms with Crippen LogP contribution in [-0.2, 0) is 11.2 Å². The van der Waals surface area contributed by atoms with Gasteiger partial charge in [-0.1, -0.05) is 12.1 Å². The minimum absolute atomic E-state index is 0.0159. The first-order valence-electron chi connectivity index (χ1n) is 8.34. The van der Waals surface area contributed by atoms with E-state index < -0.39 is 11.9 Å². The van der Waals surface area contributed by atoms with E-state index in [4.69, 9.17) is 5.11 Å². The molecular weight excluding hydrogens is 368 g/mol. The van der Waals surface area contributed by atoms with Gasteiger partial charge >= 0.3 is 5.97 Å². The van der Waals surface area contributed by atoms with Crippen LogP contribution in [0.1, 0.15) is 26.5 Å². The van der Waals surface area contributed by atoms with E-state index in [0.29, 0.717) is 12.1 Å². The standard InChI is InChI=1S/C18H18N4O4S/c23-16(22-5-7-27-8-6-22)9-12-1-3-13(4-2-12)21-17(24)14-10-20-15(11-19-14)18(25)26/h1-4,10-11H,5-9H2,(H,21,24)(H,25,26). The van der Waals surface area contributed by atoms with Crippen molar-refractivity contribution in [2.45, 2.75) is 6.42 Å². The van der Waals surface area contributed by atoms with Crippen molar-refractivity contribution in [2.24, 2.45) is 0 Å². The summed E-state index contributed by atoms with van der Waals surface area (Å²) >= 11 is 1.86. The number of anilines is 1. The molecule has 0 bridgehead atoms. The molecule has 1 aliphatic heterocycles. The summed E-state index contributed by atoms with van der Waals surface area (Å²) in [6, 6.07) is 7.02. The van der Waals surface area contributed by atoms with Gasteiger partial charge in [-0.25, -0.2) is 14.8 Å². The maximum absolute atomic E-state index is 12.3. The lowest BCUT2D eigenvalue weighted by Gasteiger charge is -2.26. The summed E-state index contributed by atoms with van der Waals surface area (Å²) in [6.45, 7) is 1.58.